The van der Waals surface area contributed by atoms with Crippen molar-refractivity contribution in [3.8, 4) is 0 Å². The zero-order valence-electron chi connectivity index (χ0n) is 17.3. The number of alkyl halides is 3. The summed E-state index contributed by atoms with van der Waals surface area (Å²) in [6.45, 7) is 7.27. The summed E-state index contributed by atoms with van der Waals surface area (Å²) in [4.78, 5) is 32.5. The van der Waals surface area contributed by atoms with Crippen LogP contribution in [0.4, 0.5) is 13.2 Å². The van der Waals surface area contributed by atoms with Crippen molar-refractivity contribution in [1.29, 1.82) is 0 Å². The molecule has 0 unspecified atom stereocenters. The average molecular weight is 465 g/mol. The molecule has 0 aliphatic carbocycles. The van der Waals surface area contributed by atoms with Gasteiger partial charge in [0.2, 0.25) is 5.91 Å². The largest absolute Gasteiger partial charge is 0.490 e. The van der Waals surface area contributed by atoms with Crippen molar-refractivity contribution in [1.82, 2.24) is 9.96 Å². The van der Waals surface area contributed by atoms with E-state index >= 15 is 0 Å². The molecule has 1 aromatic heterocycles. The van der Waals surface area contributed by atoms with Gasteiger partial charge in [0.05, 0.1) is 19.3 Å². The van der Waals surface area contributed by atoms with E-state index in [9.17, 15) is 18.0 Å². The minimum absolute atomic E-state index is 0.0507. The molecule has 3 fully saturated rings. The number of nitrogens with zero attached hydrogens (tertiary/aromatic N) is 2. The van der Waals surface area contributed by atoms with Gasteiger partial charge in [0.15, 0.2) is 0 Å². The zero-order chi connectivity index (χ0) is 22.6. The number of aryl methyl sites for hydroxylation is 1. The molecule has 1 amide bonds. The number of carbonyl (C=O) groups is 2. The first kappa shape index (κ1) is 24.0. The molecule has 0 bridgehead atoms. The van der Waals surface area contributed by atoms with E-state index in [0.29, 0.717) is 19.1 Å². The molecule has 3 aliphatic rings. The maximum atomic E-state index is 12.9. The summed E-state index contributed by atoms with van der Waals surface area (Å²) in [5.41, 5.74) is 0. The van der Waals surface area contributed by atoms with Crippen LogP contribution in [-0.4, -0.2) is 72.1 Å². The van der Waals surface area contributed by atoms with E-state index in [1.165, 1.54) is 9.75 Å². The molecule has 3 aliphatic heterocycles. The van der Waals surface area contributed by atoms with Crippen LogP contribution in [0.3, 0.4) is 0 Å². The molecule has 174 valence electrons. The van der Waals surface area contributed by atoms with Crippen LogP contribution in [0.2, 0.25) is 0 Å². The molecule has 11 heteroatoms. The second kappa shape index (κ2) is 10.3. The van der Waals surface area contributed by atoms with Gasteiger partial charge in [-0.25, -0.2) is 9.86 Å². The molecule has 31 heavy (non-hydrogen) atoms. The number of amides is 1. The molecule has 4 rings (SSSR count). The molecule has 3 atom stereocenters. The summed E-state index contributed by atoms with van der Waals surface area (Å²) >= 11 is 1.87. The number of piperidine rings is 1. The van der Waals surface area contributed by atoms with Crippen molar-refractivity contribution >= 4 is 23.2 Å². The standard InChI is InChI=1S/C18H26N2O3S.C2HF3O2/c1-13-3-4-14(24-13)11-19-8-5-17-16(12-19)15(6-10-22-17)18(21)20-7-2-9-23-20;3-2(4,5)1(6)7/h3-4,15-17H,2,5-12H2,1H3;(H,6,7)/t15-,16+,17-;/m1./s1. The number of likely N-dealkylation sites (tertiary alicyclic amines) is 1. The fraction of sp³-hybridized carbons (Fsp3) is 0.700. The van der Waals surface area contributed by atoms with Gasteiger partial charge >= 0.3 is 12.1 Å². The Hall–Kier alpha value is -1.69. The predicted octanol–water partition coefficient (Wildman–Crippen LogP) is 3.08. The molecule has 0 radical (unpaired) electrons. The van der Waals surface area contributed by atoms with Gasteiger partial charge in [0.1, 0.15) is 0 Å². The minimum atomic E-state index is -5.08. The Balaban J connectivity index is 0.000000339. The highest BCUT2D eigenvalue weighted by molar-refractivity contribution is 7.11. The van der Waals surface area contributed by atoms with Crippen molar-refractivity contribution < 1.29 is 37.4 Å². The van der Waals surface area contributed by atoms with Gasteiger partial charge < -0.3 is 9.84 Å². The lowest BCUT2D eigenvalue weighted by Crippen LogP contribution is -2.53. The normalized spacial score (nSPS) is 26.7. The number of carboxylic acids is 1. The lowest BCUT2D eigenvalue weighted by Gasteiger charge is -2.45. The second-order valence-corrected chi connectivity index (χ2v) is 9.31. The van der Waals surface area contributed by atoms with E-state index < -0.39 is 12.1 Å². The number of carbonyl (C=O) groups excluding carboxylic acids is 1. The number of halogens is 3. The van der Waals surface area contributed by atoms with Gasteiger partial charge in [0, 0.05) is 47.8 Å². The molecule has 4 heterocycles. The molecule has 1 aromatic rings. The fourth-order valence-electron chi connectivity index (χ4n) is 4.23. The lowest BCUT2D eigenvalue weighted by molar-refractivity contribution is -0.192. The topological polar surface area (TPSA) is 79.3 Å². The number of hydrogen-bond donors (Lipinski definition) is 1. The molecule has 7 nitrogen and oxygen atoms in total. The monoisotopic (exact) mass is 464 g/mol. The average Bonchev–Trinajstić information content (AvgIpc) is 3.39. The van der Waals surface area contributed by atoms with Crippen LogP contribution in [0.5, 0.6) is 0 Å². The van der Waals surface area contributed by atoms with Crippen LogP contribution >= 0.6 is 11.3 Å². The third-order valence-corrected chi connectivity index (χ3v) is 6.67. The van der Waals surface area contributed by atoms with Gasteiger partial charge in [-0.1, -0.05) is 0 Å². The zero-order valence-corrected chi connectivity index (χ0v) is 18.1. The van der Waals surface area contributed by atoms with Crippen LogP contribution in [-0.2, 0) is 25.7 Å². The Bertz CT molecular complexity index is 766. The minimum Gasteiger partial charge on any atom is -0.475 e. The number of rotatable bonds is 3. The summed E-state index contributed by atoms with van der Waals surface area (Å²) < 4.78 is 37.7. The van der Waals surface area contributed by atoms with Crippen LogP contribution in [0.1, 0.15) is 29.0 Å². The Labute approximate surface area is 182 Å². The number of thiophene rings is 1. The maximum Gasteiger partial charge on any atom is 0.490 e. The van der Waals surface area contributed by atoms with E-state index in [4.69, 9.17) is 19.5 Å². The van der Waals surface area contributed by atoms with Crippen LogP contribution in [0, 0.1) is 18.8 Å². The van der Waals surface area contributed by atoms with Crippen LogP contribution < -0.4 is 0 Å². The van der Waals surface area contributed by atoms with Crippen molar-refractivity contribution in [3.63, 3.8) is 0 Å². The number of fused-ring (bicyclic) bond motifs is 1. The molecular formula is C20H27F3N2O5S. The van der Waals surface area contributed by atoms with Crippen LogP contribution in [0.25, 0.3) is 0 Å². The summed E-state index contributed by atoms with van der Waals surface area (Å²) in [6.07, 6.45) is -2.05. The lowest BCUT2D eigenvalue weighted by atomic mass is 9.79. The predicted molar refractivity (Wildman–Crippen MR) is 106 cm³/mol. The summed E-state index contributed by atoms with van der Waals surface area (Å²) in [5, 5.41) is 8.73. The quantitative estimate of drug-likeness (QED) is 0.741. The van der Waals surface area contributed by atoms with E-state index in [1.807, 2.05) is 11.3 Å². The molecule has 1 N–H and O–H groups in total. The first-order valence-corrected chi connectivity index (χ1v) is 11.1. The van der Waals surface area contributed by atoms with Gasteiger partial charge in [-0.2, -0.15) is 13.2 Å². The number of hydroxylamine groups is 2. The van der Waals surface area contributed by atoms with Crippen LogP contribution in [0.15, 0.2) is 12.1 Å². The first-order valence-electron chi connectivity index (χ1n) is 10.3. The SMILES string of the molecule is Cc1ccc(CN2CC[C@H]3OCC[C@@H](C(=O)N4CCCO4)[C@@H]3C2)s1.O=C(O)C(F)(F)F. The number of aliphatic carboxylic acids is 1. The molecule has 3 saturated heterocycles. The van der Waals surface area contributed by atoms with E-state index in [0.717, 1.165) is 45.4 Å². The summed E-state index contributed by atoms with van der Waals surface area (Å²) in [7, 11) is 0. The van der Waals surface area contributed by atoms with Gasteiger partial charge in [0.25, 0.3) is 0 Å². The molecular weight excluding hydrogens is 437 g/mol. The third-order valence-electron chi connectivity index (χ3n) is 5.69. The highest BCUT2D eigenvalue weighted by Crippen LogP contribution is 2.35. The molecule has 0 saturated carbocycles. The highest BCUT2D eigenvalue weighted by Gasteiger charge is 2.43. The van der Waals surface area contributed by atoms with E-state index in [-0.39, 0.29) is 17.9 Å². The van der Waals surface area contributed by atoms with Gasteiger partial charge in [-0.15, -0.1) is 11.3 Å². The Morgan fingerprint density at radius 3 is 2.55 bits per heavy atom. The number of carboxylic acid groups (broad SMARTS) is 1. The Morgan fingerprint density at radius 2 is 1.97 bits per heavy atom. The smallest absolute Gasteiger partial charge is 0.475 e. The van der Waals surface area contributed by atoms with Crippen molar-refractivity contribution in [2.24, 2.45) is 11.8 Å². The summed E-state index contributed by atoms with van der Waals surface area (Å²) in [6, 6.07) is 4.41. The Morgan fingerprint density at radius 1 is 1.23 bits per heavy atom. The van der Waals surface area contributed by atoms with E-state index in [1.54, 1.807) is 5.06 Å². The first-order chi connectivity index (χ1) is 14.6. The summed E-state index contributed by atoms with van der Waals surface area (Å²) in [5.74, 6) is -2.23. The number of hydrogen-bond acceptors (Lipinski definition) is 6. The van der Waals surface area contributed by atoms with Gasteiger partial charge in [-0.05, 0) is 38.3 Å². The third kappa shape index (κ3) is 6.41. The van der Waals surface area contributed by atoms with Crippen molar-refractivity contribution in [2.45, 2.75) is 45.0 Å². The van der Waals surface area contributed by atoms with Crippen molar-refractivity contribution in [3.05, 3.63) is 21.9 Å². The highest BCUT2D eigenvalue weighted by atomic mass is 32.1. The van der Waals surface area contributed by atoms with E-state index in [2.05, 4.69) is 24.0 Å². The molecule has 0 spiro atoms. The Kier molecular flexibility index (Phi) is 7.95. The maximum absolute atomic E-state index is 12.9. The van der Waals surface area contributed by atoms with Crippen molar-refractivity contribution in [2.75, 3.05) is 32.8 Å². The van der Waals surface area contributed by atoms with Gasteiger partial charge in [-0.3, -0.25) is 14.5 Å². The second-order valence-electron chi connectivity index (χ2n) is 7.93. The fourth-order valence-corrected chi connectivity index (χ4v) is 5.16. The number of ether oxygens (including phenoxy) is 1. The molecule has 0 aromatic carbocycles.